The lowest BCUT2D eigenvalue weighted by Crippen LogP contribution is -2.39. The number of allylic oxidation sites excluding steroid dienone is 1. The molecule has 2 heterocycles. The molecule has 3 N–H and O–H groups in total. The minimum absolute atomic E-state index is 0.102. The second-order valence-electron chi connectivity index (χ2n) is 5.75. The van der Waals surface area contributed by atoms with E-state index in [1.54, 1.807) is 24.3 Å². The van der Waals surface area contributed by atoms with Gasteiger partial charge >= 0.3 is 6.03 Å². The number of hydrogen-bond donors (Lipinski definition) is 2. The average molecular weight is 378 g/mol. The highest BCUT2D eigenvalue weighted by atomic mass is 32.2. The Morgan fingerprint density at radius 3 is 2.96 bits per heavy atom. The third kappa shape index (κ3) is 3.34. The number of carbonyl (C=O) groups excluding carboxylic acids is 2. The number of amides is 3. The molecule has 2 aromatic rings. The smallest absolute Gasteiger partial charge is 0.318 e. The molecular weight excluding hydrogens is 360 g/mol. The van der Waals surface area contributed by atoms with E-state index in [4.69, 9.17) is 5.73 Å². The van der Waals surface area contributed by atoms with E-state index in [0.717, 1.165) is 36.6 Å². The summed E-state index contributed by atoms with van der Waals surface area (Å²) in [6.07, 6.45) is 4.58. The molecule has 3 amide bonds. The van der Waals surface area contributed by atoms with Gasteiger partial charge in [-0.25, -0.2) is 9.78 Å². The number of primary amides is 1. The number of fused-ring (bicyclic) bond motifs is 3. The van der Waals surface area contributed by atoms with Crippen LogP contribution in [0.5, 0.6) is 0 Å². The number of nitrogens with one attached hydrogen (secondary N) is 1. The van der Waals surface area contributed by atoms with Crippen molar-refractivity contribution in [3.63, 3.8) is 0 Å². The van der Waals surface area contributed by atoms with E-state index < -0.39 is 17.2 Å². The Morgan fingerprint density at radius 2 is 2.28 bits per heavy atom. The van der Waals surface area contributed by atoms with Crippen LogP contribution in [0.3, 0.4) is 0 Å². The van der Waals surface area contributed by atoms with Crippen LogP contribution in [0, 0.1) is 0 Å². The maximum absolute atomic E-state index is 13.0. The second kappa shape index (κ2) is 7.01. The van der Waals surface area contributed by atoms with Crippen molar-refractivity contribution < 1.29 is 9.59 Å². The molecule has 0 saturated carbocycles. The molecule has 0 spiro atoms. The highest BCUT2D eigenvalue weighted by Gasteiger charge is 2.25. The summed E-state index contributed by atoms with van der Waals surface area (Å²) in [5, 5.41) is 2.55. The zero-order valence-corrected chi connectivity index (χ0v) is 15.3. The van der Waals surface area contributed by atoms with Crippen LogP contribution in [0.1, 0.15) is 23.8 Å². The number of aryl methyl sites for hydroxylation is 2. The first-order valence-corrected chi connectivity index (χ1v) is 9.55. The molecule has 7 nitrogen and oxygen atoms in total. The van der Waals surface area contributed by atoms with Crippen molar-refractivity contribution in [3.8, 4) is 0 Å². The van der Waals surface area contributed by atoms with Gasteiger partial charge in [-0.1, -0.05) is 17.8 Å². The minimum Gasteiger partial charge on any atom is -0.351 e. The van der Waals surface area contributed by atoms with Crippen molar-refractivity contribution in [2.75, 3.05) is 0 Å². The Bertz CT molecular complexity index is 932. The number of thiophene rings is 1. The van der Waals surface area contributed by atoms with Crippen molar-refractivity contribution in [1.82, 2.24) is 14.9 Å². The van der Waals surface area contributed by atoms with E-state index in [2.05, 4.69) is 11.6 Å². The first-order valence-electron chi connectivity index (χ1n) is 7.85. The van der Waals surface area contributed by atoms with Gasteiger partial charge in [-0.15, -0.1) is 17.9 Å². The van der Waals surface area contributed by atoms with Crippen LogP contribution >= 0.6 is 23.1 Å². The van der Waals surface area contributed by atoms with Crippen molar-refractivity contribution in [1.29, 1.82) is 0 Å². The molecule has 1 aliphatic carbocycles. The monoisotopic (exact) mass is 378 g/mol. The van der Waals surface area contributed by atoms with Gasteiger partial charge in [0.05, 0.1) is 10.6 Å². The van der Waals surface area contributed by atoms with Crippen molar-refractivity contribution in [2.24, 2.45) is 5.73 Å². The Hall–Kier alpha value is -2.13. The third-order valence-corrected chi connectivity index (χ3v) is 6.28. The standard InChI is InChI=1S/C16H18N4O3S2/c1-3-7-20-14(22)11-9-5-4-6-10(9)25-13(11)19-16(20)24-8(2)12(21)18-15(17)23/h3,8H,1,4-7H2,2H3,(H3,17,18,21,23)/t8-/m1/s1. The van der Waals surface area contributed by atoms with Crippen LogP contribution in [0.2, 0.25) is 0 Å². The lowest BCUT2D eigenvalue weighted by Gasteiger charge is -2.14. The maximum Gasteiger partial charge on any atom is 0.318 e. The van der Waals surface area contributed by atoms with E-state index in [0.29, 0.717) is 21.9 Å². The Labute approximate surface area is 152 Å². The third-order valence-electron chi connectivity index (χ3n) is 4.00. The molecule has 9 heteroatoms. The average Bonchev–Trinajstić information content (AvgIpc) is 3.10. The molecule has 1 aliphatic rings. The minimum atomic E-state index is -0.904. The zero-order valence-electron chi connectivity index (χ0n) is 13.7. The number of nitrogens with two attached hydrogens (primary N) is 1. The predicted octanol–water partition coefficient (Wildman–Crippen LogP) is 1.81. The molecule has 0 aromatic carbocycles. The Balaban J connectivity index is 2.04. The van der Waals surface area contributed by atoms with Gasteiger partial charge in [0.15, 0.2) is 5.16 Å². The normalized spacial score (nSPS) is 14.3. The number of thioether (sulfide) groups is 1. The SMILES string of the molecule is C=CCn1c(S[C@H](C)C(=O)NC(N)=O)nc2sc3c(c2c1=O)CCC3. The summed E-state index contributed by atoms with van der Waals surface area (Å²) in [5.41, 5.74) is 5.99. The van der Waals surface area contributed by atoms with Crippen molar-refractivity contribution >= 4 is 45.3 Å². The number of hydrogen-bond acceptors (Lipinski definition) is 6. The quantitative estimate of drug-likeness (QED) is 0.469. The first kappa shape index (κ1) is 17.7. The summed E-state index contributed by atoms with van der Waals surface area (Å²) in [5.74, 6) is -0.523. The van der Waals surface area contributed by atoms with E-state index in [9.17, 15) is 14.4 Å². The summed E-state index contributed by atoms with van der Waals surface area (Å²) in [6.45, 7) is 5.63. The molecule has 25 heavy (non-hydrogen) atoms. The number of rotatable bonds is 5. The van der Waals surface area contributed by atoms with Gasteiger partial charge in [0.1, 0.15) is 4.83 Å². The van der Waals surface area contributed by atoms with Crippen LogP contribution in [-0.4, -0.2) is 26.7 Å². The lowest BCUT2D eigenvalue weighted by molar-refractivity contribution is -0.119. The molecular formula is C16H18N4O3S2. The molecule has 1 atom stereocenters. The summed E-state index contributed by atoms with van der Waals surface area (Å²) in [7, 11) is 0. The topological polar surface area (TPSA) is 107 Å². The van der Waals surface area contributed by atoms with Gasteiger partial charge in [0.2, 0.25) is 5.91 Å². The van der Waals surface area contributed by atoms with Crippen LogP contribution in [-0.2, 0) is 24.2 Å². The molecule has 132 valence electrons. The predicted molar refractivity (Wildman–Crippen MR) is 99.1 cm³/mol. The molecule has 0 saturated heterocycles. The van der Waals surface area contributed by atoms with E-state index in [1.807, 2.05) is 5.32 Å². The number of nitrogens with zero attached hydrogens (tertiary/aromatic N) is 2. The highest BCUT2D eigenvalue weighted by Crippen LogP contribution is 2.36. The number of carbonyl (C=O) groups is 2. The largest absolute Gasteiger partial charge is 0.351 e. The summed E-state index contributed by atoms with van der Waals surface area (Å²) in [6, 6.07) is -0.904. The van der Waals surface area contributed by atoms with Crippen LogP contribution < -0.4 is 16.6 Å². The van der Waals surface area contributed by atoms with E-state index >= 15 is 0 Å². The number of aromatic nitrogens is 2. The molecule has 0 unspecified atom stereocenters. The van der Waals surface area contributed by atoms with Crippen LogP contribution in [0.4, 0.5) is 4.79 Å². The Kier molecular flexibility index (Phi) is 4.96. The maximum atomic E-state index is 13.0. The fraction of sp³-hybridized carbons (Fsp3) is 0.375. The molecule has 0 radical (unpaired) electrons. The highest BCUT2D eigenvalue weighted by molar-refractivity contribution is 8.00. The summed E-state index contributed by atoms with van der Waals surface area (Å²) in [4.78, 5) is 42.3. The van der Waals surface area contributed by atoms with E-state index in [1.165, 1.54) is 9.44 Å². The first-order chi connectivity index (χ1) is 11.9. The zero-order chi connectivity index (χ0) is 18.1. The van der Waals surface area contributed by atoms with Gasteiger partial charge in [-0.3, -0.25) is 19.5 Å². The van der Waals surface area contributed by atoms with Gasteiger partial charge in [-0.2, -0.15) is 0 Å². The number of urea groups is 1. The number of imide groups is 1. The lowest BCUT2D eigenvalue weighted by atomic mass is 10.2. The van der Waals surface area contributed by atoms with Gasteiger partial charge in [-0.05, 0) is 31.7 Å². The molecule has 2 aromatic heterocycles. The van der Waals surface area contributed by atoms with E-state index in [-0.39, 0.29) is 5.56 Å². The molecule has 3 rings (SSSR count). The van der Waals surface area contributed by atoms with Gasteiger partial charge in [0.25, 0.3) is 5.56 Å². The van der Waals surface area contributed by atoms with Crippen molar-refractivity contribution in [3.05, 3.63) is 33.4 Å². The summed E-state index contributed by atoms with van der Waals surface area (Å²) >= 11 is 2.67. The van der Waals surface area contributed by atoms with Crippen LogP contribution in [0.15, 0.2) is 22.6 Å². The molecule has 0 bridgehead atoms. The Morgan fingerprint density at radius 1 is 1.52 bits per heavy atom. The fourth-order valence-electron chi connectivity index (χ4n) is 2.87. The molecule has 0 fully saturated rings. The molecule has 0 aliphatic heterocycles. The van der Waals surface area contributed by atoms with Gasteiger partial charge < -0.3 is 5.73 Å². The summed E-state index contributed by atoms with van der Waals surface area (Å²) < 4.78 is 1.53. The van der Waals surface area contributed by atoms with Crippen molar-refractivity contribution in [2.45, 2.75) is 43.1 Å². The van der Waals surface area contributed by atoms with Crippen LogP contribution in [0.25, 0.3) is 10.2 Å². The fourth-order valence-corrected chi connectivity index (χ4v) is 5.09. The van der Waals surface area contributed by atoms with Gasteiger partial charge in [0, 0.05) is 11.4 Å². The second-order valence-corrected chi connectivity index (χ2v) is 8.14.